The van der Waals surface area contributed by atoms with Gasteiger partial charge in [0.25, 0.3) is 5.91 Å². The van der Waals surface area contributed by atoms with Crippen LogP contribution < -0.4 is 11.1 Å². The van der Waals surface area contributed by atoms with Crippen molar-refractivity contribution in [3.63, 3.8) is 0 Å². The zero-order chi connectivity index (χ0) is 15.2. The summed E-state index contributed by atoms with van der Waals surface area (Å²) in [4.78, 5) is 14.5. The van der Waals surface area contributed by atoms with Crippen LogP contribution >= 0.6 is 23.2 Å². The smallest absolute Gasteiger partial charge is 0.252 e. The SMILES string of the molecule is Nc1cc(Cl)c(Cl)c(C(=O)NCCN2CCCCCC2)c1. The van der Waals surface area contributed by atoms with Gasteiger partial charge in [-0.3, -0.25) is 4.79 Å². The van der Waals surface area contributed by atoms with E-state index in [-0.39, 0.29) is 10.9 Å². The maximum atomic E-state index is 12.2. The molecule has 0 spiro atoms. The van der Waals surface area contributed by atoms with Crippen molar-refractivity contribution in [3.8, 4) is 0 Å². The predicted molar refractivity (Wildman–Crippen MR) is 88.1 cm³/mol. The third kappa shape index (κ3) is 4.77. The molecule has 1 saturated heterocycles. The van der Waals surface area contributed by atoms with Gasteiger partial charge in [-0.15, -0.1) is 0 Å². The molecule has 0 aliphatic carbocycles. The van der Waals surface area contributed by atoms with Crippen molar-refractivity contribution in [1.82, 2.24) is 10.2 Å². The van der Waals surface area contributed by atoms with Gasteiger partial charge < -0.3 is 16.0 Å². The van der Waals surface area contributed by atoms with Crippen LogP contribution in [0.2, 0.25) is 10.0 Å². The van der Waals surface area contributed by atoms with Crippen LogP contribution in [0.1, 0.15) is 36.0 Å². The third-order valence-corrected chi connectivity index (χ3v) is 4.51. The Bertz CT molecular complexity index is 500. The minimum Gasteiger partial charge on any atom is -0.399 e. The summed E-state index contributed by atoms with van der Waals surface area (Å²) in [6, 6.07) is 3.09. The summed E-state index contributed by atoms with van der Waals surface area (Å²) in [6.07, 6.45) is 5.09. The first-order valence-electron chi connectivity index (χ1n) is 7.33. The zero-order valence-electron chi connectivity index (χ0n) is 12.0. The van der Waals surface area contributed by atoms with Crippen LogP contribution in [0, 0.1) is 0 Å². The molecule has 21 heavy (non-hydrogen) atoms. The second-order valence-corrected chi connectivity index (χ2v) is 6.16. The fourth-order valence-corrected chi connectivity index (χ4v) is 2.98. The van der Waals surface area contributed by atoms with Crippen molar-refractivity contribution in [3.05, 3.63) is 27.7 Å². The molecule has 1 aliphatic heterocycles. The monoisotopic (exact) mass is 329 g/mol. The second-order valence-electron chi connectivity index (χ2n) is 5.38. The number of hydrogen-bond donors (Lipinski definition) is 2. The first kappa shape index (κ1) is 16.4. The quantitative estimate of drug-likeness (QED) is 0.834. The van der Waals surface area contributed by atoms with Gasteiger partial charge in [-0.25, -0.2) is 0 Å². The molecule has 1 aromatic carbocycles. The largest absolute Gasteiger partial charge is 0.399 e. The Morgan fingerprint density at radius 2 is 1.86 bits per heavy atom. The lowest BCUT2D eigenvalue weighted by atomic mass is 10.2. The number of benzene rings is 1. The molecule has 116 valence electrons. The van der Waals surface area contributed by atoms with E-state index in [2.05, 4.69) is 10.2 Å². The Labute approximate surface area is 135 Å². The molecule has 1 fully saturated rings. The standard InChI is InChI=1S/C15H21Cl2N3O/c16-13-10-11(18)9-12(14(13)17)15(21)19-5-8-20-6-3-1-2-4-7-20/h9-10H,1-8,18H2,(H,19,21). The van der Waals surface area contributed by atoms with Crippen molar-refractivity contribution in [1.29, 1.82) is 0 Å². The predicted octanol–water partition coefficient (Wildman–Crippen LogP) is 3.18. The van der Waals surface area contributed by atoms with Crippen LogP contribution in [0.4, 0.5) is 5.69 Å². The van der Waals surface area contributed by atoms with Crippen molar-refractivity contribution < 1.29 is 4.79 Å². The highest BCUT2D eigenvalue weighted by molar-refractivity contribution is 6.44. The fraction of sp³-hybridized carbons (Fsp3) is 0.533. The minimum absolute atomic E-state index is 0.232. The Morgan fingerprint density at radius 1 is 1.19 bits per heavy atom. The molecule has 1 aliphatic rings. The fourth-order valence-electron chi connectivity index (χ4n) is 2.56. The molecular weight excluding hydrogens is 309 g/mol. The van der Waals surface area contributed by atoms with Gasteiger partial charge in [0.05, 0.1) is 15.6 Å². The number of nitrogens with one attached hydrogen (secondary N) is 1. The van der Waals surface area contributed by atoms with Crippen molar-refractivity contribution in [2.24, 2.45) is 0 Å². The number of halogens is 2. The van der Waals surface area contributed by atoms with Gasteiger partial charge in [0.15, 0.2) is 0 Å². The van der Waals surface area contributed by atoms with Gasteiger partial charge in [-0.05, 0) is 38.1 Å². The number of carbonyl (C=O) groups is 1. The molecule has 0 atom stereocenters. The summed E-state index contributed by atoms with van der Waals surface area (Å²) < 4.78 is 0. The molecule has 3 N–H and O–H groups in total. The molecule has 0 unspecified atom stereocenters. The normalized spacial score (nSPS) is 16.5. The number of amides is 1. The van der Waals surface area contributed by atoms with Crippen LogP contribution in [-0.4, -0.2) is 37.0 Å². The third-order valence-electron chi connectivity index (χ3n) is 3.71. The maximum Gasteiger partial charge on any atom is 0.252 e. The highest BCUT2D eigenvalue weighted by Crippen LogP contribution is 2.28. The number of hydrogen-bond acceptors (Lipinski definition) is 3. The van der Waals surface area contributed by atoms with Gasteiger partial charge >= 0.3 is 0 Å². The van der Waals surface area contributed by atoms with E-state index in [9.17, 15) is 4.79 Å². The summed E-state index contributed by atoms with van der Waals surface area (Å²) in [5.74, 6) is -0.232. The molecule has 0 radical (unpaired) electrons. The maximum absolute atomic E-state index is 12.2. The number of anilines is 1. The van der Waals surface area contributed by atoms with Gasteiger partial charge in [0.2, 0.25) is 0 Å². The van der Waals surface area contributed by atoms with Crippen molar-refractivity contribution in [2.75, 3.05) is 31.9 Å². The van der Waals surface area contributed by atoms with E-state index in [0.717, 1.165) is 19.6 Å². The summed E-state index contributed by atoms with van der Waals surface area (Å²) >= 11 is 12.0. The topological polar surface area (TPSA) is 58.4 Å². The number of carbonyl (C=O) groups excluding carboxylic acids is 1. The molecule has 4 nitrogen and oxygen atoms in total. The molecule has 6 heteroatoms. The summed E-state index contributed by atoms with van der Waals surface area (Å²) in [7, 11) is 0. The van der Waals surface area contributed by atoms with Crippen LogP contribution in [0.25, 0.3) is 0 Å². The molecule has 1 aromatic rings. The van der Waals surface area contributed by atoms with Gasteiger partial charge in [-0.1, -0.05) is 36.0 Å². The minimum atomic E-state index is -0.232. The molecule has 1 amide bonds. The van der Waals surface area contributed by atoms with Gasteiger partial charge in [0.1, 0.15) is 0 Å². The average molecular weight is 330 g/mol. The number of nitrogen functional groups attached to an aromatic ring is 1. The highest BCUT2D eigenvalue weighted by Gasteiger charge is 2.14. The zero-order valence-corrected chi connectivity index (χ0v) is 13.5. The van der Waals surface area contributed by atoms with Gasteiger partial charge in [0, 0.05) is 18.8 Å². The highest BCUT2D eigenvalue weighted by atomic mass is 35.5. The Morgan fingerprint density at radius 3 is 2.52 bits per heavy atom. The van der Waals surface area contributed by atoms with E-state index in [1.807, 2.05) is 0 Å². The summed E-state index contributed by atoms with van der Waals surface area (Å²) in [5, 5.41) is 3.43. The van der Waals surface area contributed by atoms with Crippen LogP contribution in [0.3, 0.4) is 0 Å². The second kappa shape index (κ2) is 7.87. The lowest BCUT2D eigenvalue weighted by molar-refractivity contribution is 0.0948. The molecule has 2 rings (SSSR count). The first-order chi connectivity index (χ1) is 10.1. The van der Waals surface area contributed by atoms with Crippen molar-refractivity contribution >= 4 is 34.8 Å². The lowest BCUT2D eigenvalue weighted by Crippen LogP contribution is -2.35. The number of rotatable bonds is 4. The van der Waals surface area contributed by atoms with Gasteiger partial charge in [-0.2, -0.15) is 0 Å². The average Bonchev–Trinajstić information content (AvgIpc) is 2.71. The number of likely N-dealkylation sites (tertiary alicyclic amines) is 1. The van der Waals surface area contributed by atoms with Crippen LogP contribution in [-0.2, 0) is 0 Å². The summed E-state index contributed by atoms with van der Waals surface area (Å²) in [5.41, 5.74) is 6.46. The Kier molecular flexibility index (Phi) is 6.15. The van der Waals surface area contributed by atoms with Crippen LogP contribution in [0.15, 0.2) is 12.1 Å². The Hall–Kier alpha value is -0.970. The van der Waals surface area contributed by atoms with E-state index >= 15 is 0 Å². The first-order valence-corrected chi connectivity index (χ1v) is 8.08. The molecular formula is C15H21Cl2N3O. The molecule has 0 aromatic heterocycles. The lowest BCUT2D eigenvalue weighted by Gasteiger charge is -2.19. The Balaban J connectivity index is 1.87. The summed E-state index contributed by atoms with van der Waals surface area (Å²) in [6.45, 7) is 3.68. The van der Waals surface area contributed by atoms with E-state index in [4.69, 9.17) is 28.9 Å². The van der Waals surface area contributed by atoms with E-state index in [1.165, 1.54) is 31.7 Å². The van der Waals surface area contributed by atoms with E-state index in [1.54, 1.807) is 6.07 Å². The number of nitrogens with two attached hydrogens (primary N) is 1. The van der Waals surface area contributed by atoms with Crippen molar-refractivity contribution in [2.45, 2.75) is 25.7 Å². The molecule has 0 saturated carbocycles. The van der Waals surface area contributed by atoms with Crippen LogP contribution in [0.5, 0.6) is 0 Å². The van der Waals surface area contributed by atoms with E-state index < -0.39 is 0 Å². The molecule has 0 bridgehead atoms. The molecule has 1 heterocycles. The number of nitrogens with zero attached hydrogens (tertiary/aromatic N) is 1. The van der Waals surface area contributed by atoms with E-state index in [0.29, 0.717) is 22.8 Å².